The summed E-state index contributed by atoms with van der Waals surface area (Å²) in [6.07, 6.45) is 6.88. The van der Waals surface area contributed by atoms with Gasteiger partial charge in [-0.1, -0.05) is 25.8 Å². The zero-order valence-electron chi connectivity index (χ0n) is 21.1. The van der Waals surface area contributed by atoms with E-state index in [0.29, 0.717) is 13.0 Å². The summed E-state index contributed by atoms with van der Waals surface area (Å²) in [5, 5.41) is 13.8. The first-order chi connectivity index (χ1) is 16.6. The molecule has 2 saturated heterocycles. The fraction of sp³-hybridized carbons (Fsp3) is 0.600. The summed E-state index contributed by atoms with van der Waals surface area (Å²) in [4.78, 5) is 39.0. The second-order valence-corrected chi connectivity index (χ2v) is 8.94. The number of aliphatic hydroxyl groups excluding tert-OH is 1. The number of ether oxygens (including phenoxy) is 3. The summed E-state index contributed by atoms with van der Waals surface area (Å²) in [5.41, 5.74) is 0.848. The second kappa shape index (κ2) is 13.4. The first-order valence-corrected chi connectivity index (χ1v) is 11.9. The van der Waals surface area contributed by atoms with Gasteiger partial charge in [-0.15, -0.1) is 0 Å². The van der Waals surface area contributed by atoms with E-state index < -0.39 is 23.5 Å². The molecule has 2 aliphatic heterocycles. The summed E-state index contributed by atoms with van der Waals surface area (Å²) in [5.74, 6) is -2.20. The van der Waals surface area contributed by atoms with E-state index in [0.717, 1.165) is 18.4 Å². The van der Waals surface area contributed by atoms with Crippen molar-refractivity contribution in [2.45, 2.75) is 90.6 Å². The van der Waals surface area contributed by atoms with Gasteiger partial charge >= 0.3 is 0 Å². The molecule has 4 atom stereocenters. The summed E-state index contributed by atoms with van der Waals surface area (Å²) in [6, 6.07) is 3.55. The molecule has 10 heteroatoms. The standard InChI is InChI=1S/C16H21N3O3.C9H16O4/c1-3-4-5-6-14(16(22)19-12(2)20)15(21)18-11-13-7-9-17-10-8-13;1-5-7-8(6(4-10)11-5)13-9(2,3)12-7/h6-10H,3-5,11H2,1-2H3,(H,18,21)(H,19,20,22);5-8,10H,4H2,1-3H3/b14-6-;. The van der Waals surface area contributed by atoms with Crippen LogP contribution in [-0.4, -0.2) is 64.6 Å². The van der Waals surface area contributed by atoms with Gasteiger partial charge in [0.2, 0.25) is 5.91 Å². The van der Waals surface area contributed by atoms with Crippen LogP contribution in [0, 0.1) is 0 Å². The molecule has 2 aliphatic rings. The van der Waals surface area contributed by atoms with E-state index in [-0.39, 0.29) is 36.6 Å². The molecule has 3 N–H and O–H groups in total. The maximum atomic E-state index is 12.2. The number of fused-ring (bicyclic) bond motifs is 1. The van der Waals surface area contributed by atoms with Crippen LogP contribution in [0.1, 0.15) is 59.4 Å². The number of hydrogen-bond acceptors (Lipinski definition) is 8. The van der Waals surface area contributed by atoms with E-state index in [1.54, 1.807) is 30.6 Å². The quantitative estimate of drug-likeness (QED) is 0.217. The van der Waals surface area contributed by atoms with E-state index in [1.807, 2.05) is 27.7 Å². The third-order valence-electron chi connectivity index (χ3n) is 5.45. The Bertz CT molecular complexity index is 888. The van der Waals surface area contributed by atoms with Gasteiger partial charge in [-0.2, -0.15) is 0 Å². The van der Waals surface area contributed by atoms with Gasteiger partial charge in [0.15, 0.2) is 5.79 Å². The van der Waals surface area contributed by atoms with Crippen LogP contribution in [0.15, 0.2) is 36.2 Å². The SMILES string of the molecule is CC1OC(CO)C2OC(C)(C)OC12.CCCC/C=C(/C(=O)NCc1ccncc1)C(=O)NC(C)=O. The molecular formula is C25H37N3O7. The van der Waals surface area contributed by atoms with E-state index in [1.165, 1.54) is 6.92 Å². The molecule has 2 fully saturated rings. The third-order valence-corrected chi connectivity index (χ3v) is 5.45. The number of unbranched alkanes of at least 4 members (excludes halogenated alkanes) is 2. The van der Waals surface area contributed by atoms with Crippen LogP contribution in [-0.2, 0) is 35.1 Å². The van der Waals surface area contributed by atoms with Crippen LogP contribution < -0.4 is 10.6 Å². The average molecular weight is 492 g/mol. The van der Waals surface area contributed by atoms with E-state index in [9.17, 15) is 14.4 Å². The van der Waals surface area contributed by atoms with Crippen LogP contribution in [0.25, 0.3) is 0 Å². The van der Waals surface area contributed by atoms with Gasteiger partial charge in [-0.25, -0.2) is 0 Å². The summed E-state index contributed by atoms with van der Waals surface area (Å²) in [7, 11) is 0. The highest BCUT2D eigenvalue weighted by Crippen LogP contribution is 2.38. The molecule has 1 aromatic heterocycles. The number of aliphatic hydroxyl groups is 1. The Morgan fingerprint density at radius 3 is 2.40 bits per heavy atom. The molecule has 0 spiro atoms. The molecule has 0 bridgehead atoms. The summed E-state index contributed by atoms with van der Waals surface area (Å²) in [6.45, 7) is 9.24. The van der Waals surface area contributed by atoms with Crippen molar-refractivity contribution in [1.29, 1.82) is 0 Å². The molecule has 35 heavy (non-hydrogen) atoms. The van der Waals surface area contributed by atoms with E-state index in [4.69, 9.17) is 19.3 Å². The van der Waals surface area contributed by atoms with Crippen LogP contribution in [0.5, 0.6) is 0 Å². The van der Waals surface area contributed by atoms with Gasteiger partial charge in [0, 0.05) is 25.9 Å². The van der Waals surface area contributed by atoms with Gasteiger partial charge in [-0.05, 0) is 44.9 Å². The maximum absolute atomic E-state index is 12.2. The number of carbonyl (C=O) groups is 3. The monoisotopic (exact) mass is 491 g/mol. The van der Waals surface area contributed by atoms with Crippen molar-refractivity contribution in [3.8, 4) is 0 Å². The number of rotatable bonds is 8. The van der Waals surface area contributed by atoms with Crippen molar-refractivity contribution < 1.29 is 33.7 Å². The summed E-state index contributed by atoms with van der Waals surface area (Å²) < 4.78 is 16.8. The van der Waals surface area contributed by atoms with Crippen LogP contribution in [0.2, 0.25) is 0 Å². The maximum Gasteiger partial charge on any atom is 0.263 e. The topological polar surface area (TPSA) is 136 Å². The Hall–Kier alpha value is -2.66. The lowest BCUT2D eigenvalue weighted by Crippen LogP contribution is -2.36. The fourth-order valence-corrected chi connectivity index (χ4v) is 3.79. The van der Waals surface area contributed by atoms with Crippen LogP contribution in [0.4, 0.5) is 0 Å². The molecule has 4 unspecified atom stereocenters. The zero-order valence-corrected chi connectivity index (χ0v) is 21.1. The summed E-state index contributed by atoms with van der Waals surface area (Å²) >= 11 is 0. The highest BCUT2D eigenvalue weighted by atomic mass is 16.8. The number of hydrogen-bond donors (Lipinski definition) is 3. The first-order valence-electron chi connectivity index (χ1n) is 11.9. The Kier molecular flexibility index (Phi) is 11.0. The molecule has 3 rings (SSSR count). The van der Waals surface area contributed by atoms with Crippen molar-refractivity contribution in [3.05, 3.63) is 41.7 Å². The van der Waals surface area contributed by atoms with Crippen LogP contribution in [0.3, 0.4) is 0 Å². The Balaban J connectivity index is 0.000000279. The normalized spacial score (nSPS) is 24.7. The minimum absolute atomic E-state index is 0.00363. The Morgan fingerprint density at radius 1 is 1.14 bits per heavy atom. The van der Waals surface area contributed by atoms with Gasteiger partial charge in [0.05, 0.1) is 12.7 Å². The van der Waals surface area contributed by atoms with Crippen molar-refractivity contribution in [1.82, 2.24) is 15.6 Å². The number of allylic oxidation sites excluding steroid dienone is 1. The molecular weight excluding hydrogens is 454 g/mol. The molecule has 0 radical (unpaired) electrons. The molecule has 1 aromatic rings. The predicted molar refractivity (Wildman–Crippen MR) is 128 cm³/mol. The van der Waals surface area contributed by atoms with E-state index >= 15 is 0 Å². The molecule has 0 aliphatic carbocycles. The molecule has 0 aromatic carbocycles. The number of carbonyl (C=O) groups excluding carboxylic acids is 3. The first kappa shape index (κ1) is 28.6. The third kappa shape index (κ3) is 8.81. The molecule has 3 heterocycles. The molecule has 194 valence electrons. The predicted octanol–water partition coefficient (Wildman–Crippen LogP) is 1.76. The number of amides is 3. The number of nitrogens with zero attached hydrogens (tertiary/aromatic N) is 1. The van der Waals surface area contributed by atoms with Gasteiger partial charge < -0.3 is 24.6 Å². The Morgan fingerprint density at radius 2 is 1.80 bits per heavy atom. The van der Waals surface area contributed by atoms with Crippen molar-refractivity contribution in [2.24, 2.45) is 0 Å². The average Bonchev–Trinajstić information content (AvgIpc) is 3.28. The van der Waals surface area contributed by atoms with E-state index in [2.05, 4.69) is 15.6 Å². The lowest BCUT2D eigenvalue weighted by Gasteiger charge is -2.22. The highest BCUT2D eigenvalue weighted by Gasteiger charge is 2.53. The molecule has 0 saturated carbocycles. The minimum atomic E-state index is -0.671. The fourth-order valence-electron chi connectivity index (χ4n) is 3.79. The number of aromatic nitrogens is 1. The largest absolute Gasteiger partial charge is 0.394 e. The molecule has 3 amide bonds. The zero-order chi connectivity index (χ0) is 26.0. The Labute approximate surface area is 206 Å². The smallest absolute Gasteiger partial charge is 0.263 e. The van der Waals surface area contributed by atoms with Crippen molar-refractivity contribution in [3.63, 3.8) is 0 Å². The molecule has 10 nitrogen and oxygen atoms in total. The number of pyridine rings is 1. The second-order valence-electron chi connectivity index (χ2n) is 8.94. The number of imide groups is 1. The minimum Gasteiger partial charge on any atom is -0.394 e. The van der Waals surface area contributed by atoms with Gasteiger partial charge in [0.1, 0.15) is 23.9 Å². The van der Waals surface area contributed by atoms with Crippen molar-refractivity contribution in [2.75, 3.05) is 6.61 Å². The van der Waals surface area contributed by atoms with Crippen LogP contribution >= 0.6 is 0 Å². The number of nitrogens with one attached hydrogen (secondary N) is 2. The van der Waals surface area contributed by atoms with Gasteiger partial charge in [-0.3, -0.25) is 24.7 Å². The lowest BCUT2D eigenvalue weighted by molar-refractivity contribution is -0.188. The lowest BCUT2D eigenvalue weighted by atomic mass is 10.1. The highest BCUT2D eigenvalue weighted by molar-refractivity contribution is 6.21. The van der Waals surface area contributed by atoms with Gasteiger partial charge in [0.25, 0.3) is 11.8 Å². The van der Waals surface area contributed by atoms with Crippen molar-refractivity contribution >= 4 is 17.7 Å².